The smallest absolute Gasteiger partial charge is 0.217 e. The van der Waals surface area contributed by atoms with Gasteiger partial charge in [-0.15, -0.1) is 0 Å². The molecule has 0 aliphatic heterocycles. The molecule has 0 saturated heterocycles. The lowest BCUT2D eigenvalue weighted by Crippen LogP contribution is -2.46. The van der Waals surface area contributed by atoms with Gasteiger partial charge < -0.3 is 15.7 Å². The van der Waals surface area contributed by atoms with Crippen LogP contribution in [0.5, 0.6) is 0 Å². The normalized spacial score (nSPS) is 20.2. The van der Waals surface area contributed by atoms with Crippen LogP contribution in [-0.2, 0) is 11.3 Å². The Kier molecular flexibility index (Phi) is 9.71. The fourth-order valence-corrected chi connectivity index (χ4v) is 5.20. The molecule has 0 spiro atoms. The van der Waals surface area contributed by atoms with Crippen molar-refractivity contribution in [1.29, 1.82) is 0 Å². The Labute approximate surface area is 240 Å². The number of hydrogen-bond donors (Lipinski definition) is 3. The van der Waals surface area contributed by atoms with Gasteiger partial charge in [-0.25, -0.2) is 4.39 Å². The van der Waals surface area contributed by atoms with E-state index in [-0.39, 0.29) is 24.3 Å². The van der Waals surface area contributed by atoms with Gasteiger partial charge in [-0.3, -0.25) is 14.8 Å². The number of halogens is 2. The van der Waals surface area contributed by atoms with Crippen molar-refractivity contribution in [3.8, 4) is 0 Å². The molecule has 3 aromatic rings. The Morgan fingerprint density at radius 1 is 1.23 bits per heavy atom. The third-order valence-electron chi connectivity index (χ3n) is 7.39. The van der Waals surface area contributed by atoms with Crippen LogP contribution in [-0.4, -0.2) is 33.4 Å². The van der Waals surface area contributed by atoms with E-state index in [9.17, 15) is 14.3 Å². The first kappa shape index (κ1) is 29.4. The Morgan fingerprint density at radius 2 is 1.98 bits per heavy atom. The zero-order valence-electron chi connectivity index (χ0n) is 23.2. The number of anilines is 1. The molecule has 1 fully saturated rings. The summed E-state index contributed by atoms with van der Waals surface area (Å²) in [6.07, 6.45) is 10.8. The monoisotopic (exact) mass is 562 g/mol. The van der Waals surface area contributed by atoms with Crippen LogP contribution in [0.15, 0.2) is 72.0 Å². The first-order valence-corrected chi connectivity index (χ1v) is 14.0. The van der Waals surface area contributed by atoms with Crippen molar-refractivity contribution in [3.63, 3.8) is 0 Å². The molecule has 0 unspecified atom stereocenters. The molecule has 1 heterocycles. The molecule has 40 heavy (non-hydrogen) atoms. The van der Waals surface area contributed by atoms with Crippen LogP contribution in [0.2, 0.25) is 5.02 Å². The van der Waals surface area contributed by atoms with Crippen molar-refractivity contribution >= 4 is 45.4 Å². The molecule has 6 nitrogen and oxygen atoms in total. The summed E-state index contributed by atoms with van der Waals surface area (Å²) >= 11 is 6.55. The lowest BCUT2D eigenvalue weighted by Gasteiger charge is -2.36. The van der Waals surface area contributed by atoms with E-state index in [1.54, 1.807) is 30.6 Å². The molecule has 1 amide bonds. The molecule has 2 aromatic carbocycles. The minimum atomic E-state index is -1.00. The number of carbonyl (C=O) groups excluding carboxylic acids is 1. The Hall–Kier alpha value is -3.55. The zero-order chi connectivity index (χ0) is 28.7. The van der Waals surface area contributed by atoms with Gasteiger partial charge in [0.15, 0.2) is 0 Å². The maximum absolute atomic E-state index is 14.2. The number of aliphatic imine (C=N–C) groups is 1. The number of nitrogens with one attached hydrogen (secondary N) is 2. The number of hydrogen-bond acceptors (Lipinski definition) is 5. The molecular weight excluding hydrogens is 527 g/mol. The topological polar surface area (TPSA) is 86.6 Å². The number of rotatable bonds is 9. The Bertz CT molecular complexity index is 1460. The molecule has 1 aromatic heterocycles. The van der Waals surface area contributed by atoms with E-state index in [0.29, 0.717) is 47.7 Å². The molecule has 3 N–H and O–H groups in total. The summed E-state index contributed by atoms with van der Waals surface area (Å²) in [6.45, 7) is 5.71. The number of aromatic nitrogens is 1. The van der Waals surface area contributed by atoms with E-state index in [1.807, 2.05) is 31.2 Å². The highest BCUT2D eigenvalue weighted by molar-refractivity contribution is 6.34. The predicted octanol–water partition coefficient (Wildman–Crippen LogP) is 7.22. The highest BCUT2D eigenvalue weighted by Gasteiger charge is 2.35. The molecule has 8 heteroatoms. The van der Waals surface area contributed by atoms with Gasteiger partial charge in [0, 0.05) is 48.6 Å². The fourth-order valence-electron chi connectivity index (χ4n) is 4.99. The highest BCUT2D eigenvalue weighted by Crippen LogP contribution is 2.33. The first-order valence-electron chi connectivity index (χ1n) is 13.7. The highest BCUT2D eigenvalue weighted by atomic mass is 35.5. The van der Waals surface area contributed by atoms with Crippen molar-refractivity contribution < 1.29 is 14.3 Å². The van der Waals surface area contributed by atoms with Crippen molar-refractivity contribution in [3.05, 3.63) is 89.0 Å². The summed E-state index contributed by atoms with van der Waals surface area (Å²) < 4.78 is 14.2. The summed E-state index contributed by atoms with van der Waals surface area (Å²) in [7, 11) is 0. The second-order valence-corrected chi connectivity index (χ2v) is 10.7. The van der Waals surface area contributed by atoms with Crippen LogP contribution < -0.4 is 10.6 Å². The van der Waals surface area contributed by atoms with Gasteiger partial charge in [0.05, 0.1) is 16.2 Å². The summed E-state index contributed by atoms with van der Waals surface area (Å²) in [5.74, 6) is -0.327. The van der Waals surface area contributed by atoms with E-state index in [2.05, 4.69) is 28.6 Å². The van der Waals surface area contributed by atoms with Crippen LogP contribution in [0.3, 0.4) is 0 Å². The molecule has 1 aliphatic rings. The standard InChI is InChI=1S/C32H36ClFN4O2/c1-4-5-8-24(18-35-21(2)32(40)15-13-26(14-16-32)38-22(3)39)23-11-12-30-27(17-23)31(28(33)20-36-30)37-19-25-9-6-7-10-29(25)34/h5-12,17-18,20,26,40H,4,13-16,19H2,1-3H3,(H,36,37)(H,38,39)/b8-5+,24-18+,35-21+. The number of benzene rings is 2. The number of nitrogens with zero attached hydrogens (tertiary/aromatic N) is 2. The molecule has 210 valence electrons. The fraction of sp³-hybridized carbons (Fsp3) is 0.344. The van der Waals surface area contributed by atoms with E-state index in [0.717, 1.165) is 28.5 Å². The van der Waals surface area contributed by atoms with Crippen LogP contribution in [0.25, 0.3) is 16.5 Å². The minimum Gasteiger partial charge on any atom is -0.384 e. The van der Waals surface area contributed by atoms with E-state index >= 15 is 0 Å². The van der Waals surface area contributed by atoms with Crippen molar-refractivity contribution in [2.45, 2.75) is 71.1 Å². The Morgan fingerprint density at radius 3 is 2.67 bits per heavy atom. The second kappa shape index (κ2) is 13.2. The van der Waals surface area contributed by atoms with Crippen molar-refractivity contribution in [2.75, 3.05) is 5.32 Å². The van der Waals surface area contributed by atoms with E-state index < -0.39 is 5.60 Å². The van der Waals surface area contributed by atoms with Gasteiger partial charge in [-0.2, -0.15) is 0 Å². The lowest BCUT2D eigenvalue weighted by atomic mass is 9.79. The second-order valence-electron chi connectivity index (χ2n) is 10.3. The van der Waals surface area contributed by atoms with Crippen LogP contribution >= 0.6 is 11.6 Å². The number of carbonyl (C=O) groups is 1. The van der Waals surface area contributed by atoms with E-state index in [1.165, 1.54) is 13.0 Å². The van der Waals surface area contributed by atoms with Crippen molar-refractivity contribution in [1.82, 2.24) is 10.3 Å². The molecule has 4 rings (SSSR count). The molecule has 1 saturated carbocycles. The Balaban J connectivity index is 1.64. The third-order valence-corrected chi connectivity index (χ3v) is 7.68. The number of amides is 1. The molecule has 0 bridgehead atoms. The quantitative estimate of drug-likeness (QED) is 0.190. The third kappa shape index (κ3) is 7.14. The average Bonchev–Trinajstić information content (AvgIpc) is 2.94. The maximum atomic E-state index is 14.2. The van der Waals surface area contributed by atoms with Crippen LogP contribution in [0.1, 0.15) is 64.0 Å². The van der Waals surface area contributed by atoms with Gasteiger partial charge in [-0.1, -0.05) is 54.9 Å². The molecule has 0 radical (unpaired) electrons. The lowest BCUT2D eigenvalue weighted by molar-refractivity contribution is -0.120. The zero-order valence-corrected chi connectivity index (χ0v) is 23.9. The molecule has 1 aliphatic carbocycles. The molecular formula is C32H36ClFN4O2. The van der Waals surface area contributed by atoms with Gasteiger partial charge in [-0.05, 0) is 68.4 Å². The number of allylic oxidation sites excluding steroid dienone is 3. The largest absolute Gasteiger partial charge is 0.384 e. The number of pyridine rings is 1. The number of fused-ring (bicyclic) bond motifs is 1. The molecule has 0 atom stereocenters. The van der Waals surface area contributed by atoms with Gasteiger partial charge in [0.2, 0.25) is 5.91 Å². The summed E-state index contributed by atoms with van der Waals surface area (Å²) in [5, 5.41) is 18.8. The van der Waals surface area contributed by atoms with E-state index in [4.69, 9.17) is 16.6 Å². The first-order chi connectivity index (χ1) is 19.2. The summed E-state index contributed by atoms with van der Waals surface area (Å²) in [4.78, 5) is 20.6. The van der Waals surface area contributed by atoms with Gasteiger partial charge in [0.1, 0.15) is 11.4 Å². The van der Waals surface area contributed by atoms with Crippen LogP contribution in [0, 0.1) is 5.82 Å². The van der Waals surface area contributed by atoms with Gasteiger partial charge in [0.25, 0.3) is 0 Å². The summed E-state index contributed by atoms with van der Waals surface area (Å²) in [6, 6.07) is 12.6. The number of aliphatic hydroxyl groups is 1. The summed E-state index contributed by atoms with van der Waals surface area (Å²) in [5.41, 5.74) is 3.41. The average molecular weight is 563 g/mol. The maximum Gasteiger partial charge on any atom is 0.217 e. The van der Waals surface area contributed by atoms with Gasteiger partial charge >= 0.3 is 0 Å². The predicted molar refractivity (Wildman–Crippen MR) is 162 cm³/mol. The minimum absolute atomic E-state index is 0.0476. The SMILES string of the molecule is CC/C=C/C(=C\N=C(/C)C1(O)CCC(NC(C)=O)CC1)c1ccc2ncc(Cl)c(NCc3ccccc3F)c2c1. The van der Waals surface area contributed by atoms with Crippen molar-refractivity contribution in [2.24, 2.45) is 4.99 Å². The van der Waals surface area contributed by atoms with Crippen LogP contribution in [0.4, 0.5) is 10.1 Å².